The molecule has 0 saturated heterocycles. The van der Waals surface area contributed by atoms with Gasteiger partial charge in [-0.15, -0.1) is 0 Å². The van der Waals surface area contributed by atoms with E-state index in [1.54, 1.807) is 19.2 Å². The highest BCUT2D eigenvalue weighted by atomic mass is 32.2. The number of nitriles is 1. The van der Waals surface area contributed by atoms with Crippen molar-refractivity contribution >= 4 is 22.6 Å². The van der Waals surface area contributed by atoms with Crippen molar-refractivity contribution in [2.75, 3.05) is 7.11 Å². The van der Waals surface area contributed by atoms with Gasteiger partial charge in [-0.3, -0.25) is 5.32 Å². The Balaban J connectivity index is 2.10. The molecular formula is C16H14FN3OS. The molecule has 0 aliphatic carbocycles. The molecule has 0 aromatic heterocycles. The van der Waals surface area contributed by atoms with Gasteiger partial charge < -0.3 is 4.74 Å². The fourth-order valence-corrected chi connectivity index (χ4v) is 2.49. The molecule has 2 rings (SSSR count). The third-order valence-corrected chi connectivity index (χ3v) is 3.66. The first-order chi connectivity index (χ1) is 10.7. The summed E-state index contributed by atoms with van der Waals surface area (Å²) in [6, 6.07) is 13.5. The van der Waals surface area contributed by atoms with Gasteiger partial charge in [0.2, 0.25) is 0 Å². The molecule has 1 N–H and O–H groups in total. The summed E-state index contributed by atoms with van der Waals surface area (Å²) in [5, 5.41) is 11.7. The van der Waals surface area contributed by atoms with Crippen LogP contribution in [-0.4, -0.2) is 12.3 Å². The van der Waals surface area contributed by atoms with E-state index < -0.39 is 0 Å². The number of nitrogens with one attached hydrogen (secondary N) is 1. The van der Waals surface area contributed by atoms with Crippen LogP contribution in [0.1, 0.15) is 5.56 Å². The first kappa shape index (κ1) is 15.9. The third kappa shape index (κ3) is 4.79. The molecule has 0 heterocycles. The first-order valence-electron chi connectivity index (χ1n) is 6.46. The molecule has 0 atom stereocenters. The molecule has 4 nitrogen and oxygen atoms in total. The summed E-state index contributed by atoms with van der Waals surface area (Å²) in [6.07, 6.45) is 1.84. The van der Waals surface area contributed by atoms with E-state index in [9.17, 15) is 4.39 Å². The lowest BCUT2D eigenvalue weighted by Crippen LogP contribution is -2.13. The Hall–Kier alpha value is -2.52. The largest absolute Gasteiger partial charge is 0.497 e. The van der Waals surface area contributed by atoms with Crippen molar-refractivity contribution in [3.63, 3.8) is 0 Å². The molecule has 0 radical (unpaired) electrons. The maximum atomic E-state index is 13.2. The zero-order valence-electron chi connectivity index (χ0n) is 11.9. The van der Waals surface area contributed by atoms with Gasteiger partial charge in [-0.2, -0.15) is 5.26 Å². The predicted molar refractivity (Wildman–Crippen MR) is 86.5 cm³/mol. The van der Waals surface area contributed by atoms with Crippen molar-refractivity contribution in [3.8, 4) is 11.9 Å². The maximum absolute atomic E-state index is 13.2. The third-order valence-electron chi connectivity index (χ3n) is 2.71. The highest BCUT2D eigenvalue weighted by molar-refractivity contribution is 8.13. The van der Waals surface area contributed by atoms with Crippen LogP contribution in [0.2, 0.25) is 0 Å². The molecule has 2 aromatic rings. The Morgan fingerprint density at radius 3 is 2.86 bits per heavy atom. The molecule has 22 heavy (non-hydrogen) atoms. The average Bonchev–Trinajstić information content (AvgIpc) is 2.53. The second kappa shape index (κ2) is 8.05. The number of methoxy groups -OCH3 is 1. The lowest BCUT2D eigenvalue weighted by atomic mass is 10.2. The van der Waals surface area contributed by atoms with Crippen molar-refractivity contribution in [2.45, 2.75) is 5.75 Å². The van der Waals surface area contributed by atoms with Crippen LogP contribution in [0.5, 0.6) is 5.75 Å². The number of aliphatic imine (C=N–C) groups is 1. The molecule has 0 aliphatic rings. The molecule has 112 valence electrons. The van der Waals surface area contributed by atoms with E-state index in [2.05, 4.69) is 10.3 Å². The summed E-state index contributed by atoms with van der Waals surface area (Å²) in [5.41, 5.74) is 1.49. The minimum atomic E-state index is -0.365. The van der Waals surface area contributed by atoms with Gasteiger partial charge in [0, 0.05) is 5.75 Å². The van der Waals surface area contributed by atoms with Crippen molar-refractivity contribution in [1.82, 2.24) is 5.32 Å². The topological polar surface area (TPSA) is 57.4 Å². The Morgan fingerprint density at radius 2 is 2.14 bits per heavy atom. The number of thioether (sulfide) groups is 1. The molecule has 0 spiro atoms. The Kier molecular flexibility index (Phi) is 5.81. The summed E-state index contributed by atoms with van der Waals surface area (Å²) in [5.74, 6) is 1.02. The Labute approximate surface area is 132 Å². The van der Waals surface area contributed by atoms with E-state index in [4.69, 9.17) is 10.00 Å². The molecule has 0 unspecified atom stereocenters. The van der Waals surface area contributed by atoms with E-state index >= 15 is 0 Å². The number of hydrogen-bond acceptors (Lipinski definition) is 4. The first-order valence-corrected chi connectivity index (χ1v) is 7.45. The van der Waals surface area contributed by atoms with Crippen molar-refractivity contribution in [1.29, 1.82) is 5.26 Å². The minimum absolute atomic E-state index is 0.365. The number of benzene rings is 2. The average molecular weight is 315 g/mol. The molecule has 0 saturated carbocycles. The van der Waals surface area contributed by atoms with Gasteiger partial charge in [0.05, 0.1) is 12.8 Å². The van der Waals surface area contributed by atoms with Gasteiger partial charge >= 0.3 is 0 Å². The van der Waals surface area contributed by atoms with Crippen LogP contribution in [0.25, 0.3) is 0 Å². The SMILES string of the molecule is COc1cccc(CSC(=Nc2cccc(F)c2)NC#N)c1. The van der Waals surface area contributed by atoms with Gasteiger partial charge in [-0.05, 0) is 35.9 Å². The Bertz CT molecular complexity index is 713. The number of rotatable bonds is 4. The number of ether oxygens (including phenoxy) is 1. The standard InChI is InChI=1S/C16H14FN3OS/c1-21-15-7-2-4-12(8-15)10-22-16(19-11-18)20-14-6-3-5-13(17)9-14/h2-9H,10H2,1H3,(H,19,20). The normalized spacial score (nSPS) is 10.9. The Morgan fingerprint density at radius 1 is 1.32 bits per heavy atom. The molecule has 6 heteroatoms. The number of hydrogen-bond donors (Lipinski definition) is 1. The number of halogens is 1. The van der Waals surface area contributed by atoms with Crippen LogP contribution in [0, 0.1) is 17.3 Å². The van der Waals surface area contributed by atoms with Crippen LogP contribution in [0.15, 0.2) is 53.5 Å². The summed E-state index contributed by atoms with van der Waals surface area (Å²) < 4.78 is 18.3. The highest BCUT2D eigenvalue weighted by Gasteiger charge is 2.03. The molecule has 0 bridgehead atoms. The van der Waals surface area contributed by atoms with Crippen molar-refractivity contribution in [2.24, 2.45) is 4.99 Å². The van der Waals surface area contributed by atoms with E-state index in [0.717, 1.165) is 11.3 Å². The smallest absolute Gasteiger partial charge is 0.183 e. The summed E-state index contributed by atoms with van der Waals surface area (Å²) >= 11 is 1.36. The van der Waals surface area contributed by atoms with Crippen LogP contribution in [0.3, 0.4) is 0 Å². The van der Waals surface area contributed by atoms with E-state index in [-0.39, 0.29) is 5.82 Å². The number of amidine groups is 1. The molecular weight excluding hydrogens is 301 g/mol. The fourth-order valence-electron chi connectivity index (χ4n) is 1.72. The second-order valence-corrected chi connectivity index (χ2v) is 5.24. The van der Waals surface area contributed by atoms with Gasteiger partial charge in [-0.1, -0.05) is 30.0 Å². The minimum Gasteiger partial charge on any atom is -0.497 e. The van der Waals surface area contributed by atoms with E-state index in [1.807, 2.05) is 30.5 Å². The van der Waals surface area contributed by atoms with Crippen LogP contribution in [-0.2, 0) is 5.75 Å². The van der Waals surface area contributed by atoms with Gasteiger partial charge in [-0.25, -0.2) is 9.38 Å². The maximum Gasteiger partial charge on any atom is 0.183 e. The van der Waals surface area contributed by atoms with Crippen molar-refractivity contribution < 1.29 is 9.13 Å². The van der Waals surface area contributed by atoms with Crippen LogP contribution >= 0.6 is 11.8 Å². The summed E-state index contributed by atoms with van der Waals surface area (Å²) in [7, 11) is 1.61. The summed E-state index contributed by atoms with van der Waals surface area (Å²) in [6.45, 7) is 0. The van der Waals surface area contributed by atoms with Crippen LogP contribution in [0.4, 0.5) is 10.1 Å². The monoisotopic (exact) mass is 315 g/mol. The zero-order valence-corrected chi connectivity index (χ0v) is 12.7. The van der Waals surface area contributed by atoms with E-state index in [1.165, 1.54) is 23.9 Å². The zero-order chi connectivity index (χ0) is 15.8. The molecule has 0 aliphatic heterocycles. The lowest BCUT2D eigenvalue weighted by molar-refractivity contribution is 0.414. The van der Waals surface area contributed by atoms with E-state index in [0.29, 0.717) is 16.6 Å². The van der Waals surface area contributed by atoms with Crippen LogP contribution < -0.4 is 10.1 Å². The van der Waals surface area contributed by atoms with Gasteiger partial charge in [0.1, 0.15) is 11.6 Å². The van der Waals surface area contributed by atoms with Gasteiger partial charge in [0.25, 0.3) is 0 Å². The summed E-state index contributed by atoms with van der Waals surface area (Å²) in [4.78, 5) is 4.24. The predicted octanol–water partition coefficient (Wildman–Crippen LogP) is 3.83. The highest BCUT2D eigenvalue weighted by Crippen LogP contribution is 2.20. The fraction of sp³-hybridized carbons (Fsp3) is 0.125. The molecule has 0 fully saturated rings. The molecule has 2 aromatic carbocycles. The molecule has 0 amide bonds. The second-order valence-electron chi connectivity index (χ2n) is 4.27. The quantitative estimate of drug-likeness (QED) is 0.403. The lowest BCUT2D eigenvalue weighted by Gasteiger charge is -2.06. The van der Waals surface area contributed by atoms with Gasteiger partial charge in [0.15, 0.2) is 11.4 Å². The number of nitrogens with zero attached hydrogens (tertiary/aromatic N) is 2. The van der Waals surface area contributed by atoms with Crippen molar-refractivity contribution in [3.05, 3.63) is 59.9 Å².